The van der Waals surface area contributed by atoms with Gasteiger partial charge in [0.2, 0.25) is 5.91 Å². The Bertz CT molecular complexity index is 796. The standard InChI is InChI=1S/C18H26N6O2S/c1-12-19-15(11-27-12)18-22-21-16-3-2-13(4-9-24(16)18)20-17(26)10-23-7-5-14(25)6-8-23/h11,13-14,25H,2-10H2,1H3,(H,20,26). The molecule has 9 heteroatoms. The Morgan fingerprint density at radius 3 is 2.81 bits per heavy atom. The van der Waals surface area contributed by atoms with Gasteiger partial charge in [-0.25, -0.2) is 4.98 Å². The highest BCUT2D eigenvalue weighted by molar-refractivity contribution is 7.09. The lowest BCUT2D eigenvalue weighted by atomic mass is 10.1. The maximum Gasteiger partial charge on any atom is 0.234 e. The molecule has 4 rings (SSSR count). The van der Waals surface area contributed by atoms with Crippen molar-refractivity contribution in [3.05, 3.63) is 16.2 Å². The number of amides is 1. The lowest BCUT2D eigenvalue weighted by Gasteiger charge is -2.29. The van der Waals surface area contributed by atoms with Crippen LogP contribution >= 0.6 is 11.3 Å². The first kappa shape index (κ1) is 18.5. The van der Waals surface area contributed by atoms with E-state index in [0.717, 1.165) is 74.1 Å². The average molecular weight is 391 g/mol. The fraction of sp³-hybridized carbons (Fsp3) is 0.667. The highest BCUT2D eigenvalue weighted by Crippen LogP contribution is 2.24. The van der Waals surface area contributed by atoms with E-state index in [1.807, 2.05) is 12.3 Å². The number of aliphatic hydroxyl groups is 1. The molecule has 4 heterocycles. The Labute approximate surface area is 162 Å². The number of carbonyl (C=O) groups is 1. The lowest BCUT2D eigenvalue weighted by molar-refractivity contribution is -0.123. The maximum absolute atomic E-state index is 12.4. The van der Waals surface area contributed by atoms with Crippen molar-refractivity contribution in [1.82, 2.24) is 30.0 Å². The van der Waals surface area contributed by atoms with E-state index < -0.39 is 0 Å². The van der Waals surface area contributed by atoms with E-state index in [9.17, 15) is 9.90 Å². The summed E-state index contributed by atoms with van der Waals surface area (Å²) in [4.78, 5) is 19.1. The second kappa shape index (κ2) is 8.04. The third-order valence-electron chi connectivity index (χ3n) is 5.38. The molecule has 0 radical (unpaired) electrons. The van der Waals surface area contributed by atoms with Gasteiger partial charge >= 0.3 is 0 Å². The van der Waals surface area contributed by atoms with Crippen molar-refractivity contribution in [2.45, 2.75) is 57.7 Å². The molecule has 8 nitrogen and oxygen atoms in total. The number of thiazole rings is 1. The summed E-state index contributed by atoms with van der Waals surface area (Å²) in [6, 6.07) is 0.152. The predicted octanol–water partition coefficient (Wildman–Crippen LogP) is 0.988. The zero-order valence-electron chi connectivity index (χ0n) is 15.6. The Hall–Kier alpha value is -1.84. The molecule has 2 aliphatic rings. The molecular formula is C18H26N6O2S. The van der Waals surface area contributed by atoms with Gasteiger partial charge in [-0.3, -0.25) is 9.69 Å². The Balaban J connectivity index is 1.33. The third-order valence-corrected chi connectivity index (χ3v) is 6.16. The van der Waals surface area contributed by atoms with Crippen LogP contribution in [0.4, 0.5) is 0 Å². The van der Waals surface area contributed by atoms with Crippen molar-refractivity contribution >= 4 is 17.2 Å². The molecule has 1 saturated heterocycles. The minimum absolute atomic E-state index is 0.0735. The molecule has 1 amide bonds. The summed E-state index contributed by atoms with van der Waals surface area (Å²) in [6.07, 6.45) is 3.84. The minimum atomic E-state index is -0.210. The van der Waals surface area contributed by atoms with Gasteiger partial charge in [-0.2, -0.15) is 0 Å². The van der Waals surface area contributed by atoms with Gasteiger partial charge in [-0.1, -0.05) is 0 Å². The second-order valence-corrected chi connectivity index (χ2v) is 8.50. The molecule has 2 aliphatic heterocycles. The fourth-order valence-corrected chi connectivity index (χ4v) is 4.43. The minimum Gasteiger partial charge on any atom is -0.393 e. The molecule has 27 heavy (non-hydrogen) atoms. The molecule has 146 valence electrons. The molecule has 0 aliphatic carbocycles. The molecular weight excluding hydrogens is 364 g/mol. The largest absolute Gasteiger partial charge is 0.393 e. The highest BCUT2D eigenvalue weighted by Gasteiger charge is 2.24. The van der Waals surface area contributed by atoms with Crippen LogP contribution in [-0.4, -0.2) is 67.4 Å². The number of aromatic nitrogens is 4. The van der Waals surface area contributed by atoms with Gasteiger partial charge in [0, 0.05) is 37.5 Å². The van der Waals surface area contributed by atoms with Crippen LogP contribution in [0.3, 0.4) is 0 Å². The number of piperidine rings is 1. The van der Waals surface area contributed by atoms with E-state index in [-0.39, 0.29) is 18.1 Å². The molecule has 2 N–H and O–H groups in total. The zero-order valence-corrected chi connectivity index (χ0v) is 16.4. The molecule has 1 atom stereocenters. The van der Waals surface area contributed by atoms with Gasteiger partial charge in [0.05, 0.1) is 17.7 Å². The van der Waals surface area contributed by atoms with E-state index in [0.29, 0.717) is 6.54 Å². The van der Waals surface area contributed by atoms with Crippen LogP contribution in [0.25, 0.3) is 11.5 Å². The van der Waals surface area contributed by atoms with Crippen molar-refractivity contribution in [3.63, 3.8) is 0 Å². The summed E-state index contributed by atoms with van der Waals surface area (Å²) in [5, 5.41) is 24.5. The van der Waals surface area contributed by atoms with E-state index in [2.05, 4.69) is 30.0 Å². The predicted molar refractivity (Wildman–Crippen MR) is 102 cm³/mol. The molecule has 1 fully saturated rings. The molecule has 0 spiro atoms. The van der Waals surface area contributed by atoms with E-state index in [1.54, 1.807) is 11.3 Å². The SMILES string of the molecule is Cc1nc(-c2nnc3n2CCC(NC(=O)CN2CCC(O)CC2)CC3)cs1. The first-order valence-corrected chi connectivity index (χ1v) is 10.5. The second-order valence-electron chi connectivity index (χ2n) is 7.44. The summed E-state index contributed by atoms with van der Waals surface area (Å²) in [5.41, 5.74) is 0.881. The number of hydrogen-bond acceptors (Lipinski definition) is 7. The fourth-order valence-electron chi connectivity index (χ4n) is 3.84. The zero-order chi connectivity index (χ0) is 18.8. The quantitative estimate of drug-likeness (QED) is 0.808. The average Bonchev–Trinajstić information content (AvgIpc) is 3.20. The van der Waals surface area contributed by atoms with Crippen molar-refractivity contribution in [2.24, 2.45) is 0 Å². The third kappa shape index (κ3) is 4.36. The number of hydrogen-bond donors (Lipinski definition) is 2. The number of rotatable bonds is 4. The maximum atomic E-state index is 12.4. The van der Waals surface area contributed by atoms with Crippen LogP contribution in [0.15, 0.2) is 5.38 Å². The Kier molecular flexibility index (Phi) is 5.51. The topological polar surface area (TPSA) is 96.2 Å². The van der Waals surface area contributed by atoms with Gasteiger partial charge in [-0.05, 0) is 32.6 Å². The number of likely N-dealkylation sites (tertiary alicyclic amines) is 1. The number of aryl methyl sites for hydroxylation is 2. The monoisotopic (exact) mass is 390 g/mol. The van der Waals surface area contributed by atoms with Crippen molar-refractivity contribution < 1.29 is 9.90 Å². The molecule has 0 aromatic carbocycles. The summed E-state index contributed by atoms with van der Waals surface area (Å²) < 4.78 is 2.15. The normalized spacial score (nSPS) is 21.6. The summed E-state index contributed by atoms with van der Waals surface area (Å²) >= 11 is 1.61. The number of fused-ring (bicyclic) bond motifs is 1. The van der Waals surface area contributed by atoms with Crippen LogP contribution < -0.4 is 5.32 Å². The van der Waals surface area contributed by atoms with Crippen molar-refractivity contribution in [3.8, 4) is 11.5 Å². The van der Waals surface area contributed by atoms with Crippen molar-refractivity contribution in [1.29, 1.82) is 0 Å². The van der Waals surface area contributed by atoms with Gasteiger partial charge in [0.15, 0.2) is 5.82 Å². The smallest absolute Gasteiger partial charge is 0.234 e. The number of nitrogens with one attached hydrogen (secondary N) is 1. The first-order valence-electron chi connectivity index (χ1n) is 9.63. The molecule has 0 saturated carbocycles. The van der Waals surface area contributed by atoms with Crippen LogP contribution in [0.5, 0.6) is 0 Å². The lowest BCUT2D eigenvalue weighted by Crippen LogP contribution is -2.45. The molecule has 1 unspecified atom stereocenters. The number of nitrogens with zero attached hydrogens (tertiary/aromatic N) is 5. The van der Waals surface area contributed by atoms with Crippen LogP contribution in [0.1, 0.15) is 36.5 Å². The Morgan fingerprint density at radius 1 is 1.26 bits per heavy atom. The van der Waals surface area contributed by atoms with E-state index in [4.69, 9.17) is 0 Å². The molecule has 2 aromatic rings. The summed E-state index contributed by atoms with van der Waals surface area (Å²) in [5.74, 6) is 1.87. The van der Waals surface area contributed by atoms with Crippen LogP contribution in [0, 0.1) is 6.92 Å². The van der Waals surface area contributed by atoms with Gasteiger partial charge in [0.25, 0.3) is 0 Å². The molecule has 0 bridgehead atoms. The van der Waals surface area contributed by atoms with E-state index >= 15 is 0 Å². The van der Waals surface area contributed by atoms with Gasteiger partial charge in [0.1, 0.15) is 11.5 Å². The van der Waals surface area contributed by atoms with E-state index in [1.165, 1.54) is 0 Å². The Morgan fingerprint density at radius 2 is 2.07 bits per heavy atom. The van der Waals surface area contributed by atoms with Crippen LogP contribution in [-0.2, 0) is 17.8 Å². The number of aliphatic hydroxyl groups excluding tert-OH is 1. The number of carbonyl (C=O) groups excluding carboxylic acids is 1. The van der Waals surface area contributed by atoms with Gasteiger partial charge in [-0.15, -0.1) is 21.5 Å². The summed E-state index contributed by atoms with van der Waals surface area (Å²) in [7, 11) is 0. The van der Waals surface area contributed by atoms with Gasteiger partial charge < -0.3 is 15.0 Å². The summed E-state index contributed by atoms with van der Waals surface area (Å²) in [6.45, 7) is 4.77. The molecule has 2 aromatic heterocycles. The highest BCUT2D eigenvalue weighted by atomic mass is 32.1. The van der Waals surface area contributed by atoms with Crippen molar-refractivity contribution in [2.75, 3.05) is 19.6 Å². The van der Waals surface area contributed by atoms with Crippen LogP contribution in [0.2, 0.25) is 0 Å². The first-order chi connectivity index (χ1) is 13.1.